The van der Waals surface area contributed by atoms with Crippen LogP contribution in [-0.2, 0) is 16.0 Å². The van der Waals surface area contributed by atoms with Crippen LogP contribution in [0.4, 0.5) is 0 Å². The Hall–Kier alpha value is -2.76. The van der Waals surface area contributed by atoms with Crippen molar-refractivity contribution in [1.29, 1.82) is 0 Å². The van der Waals surface area contributed by atoms with Crippen LogP contribution in [0.5, 0.6) is 17.2 Å². The first kappa shape index (κ1) is 15.1. The van der Waals surface area contributed by atoms with Gasteiger partial charge >= 0.3 is 11.9 Å². The highest BCUT2D eigenvalue weighted by atomic mass is 16.5. The highest BCUT2D eigenvalue weighted by molar-refractivity contribution is 6.06. The summed E-state index contributed by atoms with van der Waals surface area (Å²) in [6.07, 6.45) is 0.246. The number of esters is 2. The molecule has 0 saturated carbocycles. The van der Waals surface area contributed by atoms with Crippen molar-refractivity contribution in [3.63, 3.8) is 0 Å². The average Bonchev–Trinajstić information content (AvgIpc) is 2.44. The molecule has 1 aliphatic heterocycles. The number of cyclic esters (lactones) is 1. The SMILES string of the molecule is COc1cc(OC(C)=O)c2c(O)c3c(cc2c1)C[C@@H](C)OC3=O. The molecule has 0 spiro atoms. The van der Waals surface area contributed by atoms with Gasteiger partial charge in [-0.2, -0.15) is 0 Å². The third-order valence-corrected chi connectivity index (χ3v) is 3.74. The van der Waals surface area contributed by atoms with E-state index >= 15 is 0 Å². The van der Waals surface area contributed by atoms with Crippen molar-refractivity contribution in [2.45, 2.75) is 26.4 Å². The van der Waals surface area contributed by atoms with Crippen molar-refractivity contribution in [3.05, 3.63) is 29.3 Å². The quantitative estimate of drug-likeness (QED) is 0.677. The first-order valence-electron chi connectivity index (χ1n) is 7.16. The van der Waals surface area contributed by atoms with E-state index in [9.17, 15) is 14.7 Å². The van der Waals surface area contributed by atoms with Crippen molar-refractivity contribution in [3.8, 4) is 17.2 Å². The molecule has 1 heterocycles. The largest absolute Gasteiger partial charge is 0.506 e. The summed E-state index contributed by atoms with van der Waals surface area (Å²) >= 11 is 0. The van der Waals surface area contributed by atoms with Crippen molar-refractivity contribution in [2.75, 3.05) is 7.11 Å². The fourth-order valence-corrected chi connectivity index (χ4v) is 2.85. The number of phenolic OH excluding ortho intramolecular Hbond substituents is 1. The highest BCUT2D eigenvalue weighted by Crippen LogP contribution is 2.42. The highest BCUT2D eigenvalue weighted by Gasteiger charge is 2.29. The van der Waals surface area contributed by atoms with Gasteiger partial charge in [0.25, 0.3) is 0 Å². The summed E-state index contributed by atoms with van der Waals surface area (Å²) in [6, 6.07) is 5.00. The Kier molecular flexibility index (Phi) is 3.60. The third kappa shape index (κ3) is 2.56. The standard InChI is InChI=1S/C17H16O6/c1-8-4-10-5-11-6-12(21-3)7-13(23-9(2)18)14(11)16(19)15(10)17(20)22-8/h5-8,19H,4H2,1-3H3/t8-/m1/s1. The second-order valence-electron chi connectivity index (χ2n) is 5.50. The van der Waals surface area contributed by atoms with Gasteiger partial charge in [0.2, 0.25) is 0 Å². The number of benzene rings is 2. The molecule has 23 heavy (non-hydrogen) atoms. The number of aromatic hydroxyl groups is 1. The van der Waals surface area contributed by atoms with Crippen LogP contribution < -0.4 is 9.47 Å². The van der Waals surface area contributed by atoms with Crippen LogP contribution in [0.15, 0.2) is 18.2 Å². The van der Waals surface area contributed by atoms with E-state index in [4.69, 9.17) is 14.2 Å². The number of ether oxygens (including phenoxy) is 3. The lowest BCUT2D eigenvalue weighted by atomic mass is 9.93. The number of fused-ring (bicyclic) bond motifs is 2. The van der Waals surface area contributed by atoms with E-state index < -0.39 is 11.9 Å². The molecule has 1 N–H and O–H groups in total. The van der Waals surface area contributed by atoms with Crippen LogP contribution in [-0.4, -0.2) is 30.3 Å². The molecule has 3 rings (SSSR count). The van der Waals surface area contributed by atoms with Crippen LogP contribution in [0.1, 0.15) is 29.8 Å². The number of rotatable bonds is 2. The van der Waals surface area contributed by atoms with Crippen LogP contribution in [0.2, 0.25) is 0 Å². The van der Waals surface area contributed by atoms with Gasteiger partial charge in [0.15, 0.2) is 0 Å². The zero-order valence-electron chi connectivity index (χ0n) is 13.0. The zero-order valence-corrected chi connectivity index (χ0v) is 13.0. The van der Waals surface area contributed by atoms with E-state index in [2.05, 4.69) is 0 Å². The number of carbonyl (C=O) groups excluding carboxylic acids is 2. The number of phenols is 1. The Bertz CT molecular complexity index is 824. The van der Waals surface area contributed by atoms with Crippen LogP contribution in [0.3, 0.4) is 0 Å². The number of methoxy groups -OCH3 is 1. The summed E-state index contributed by atoms with van der Waals surface area (Å²) in [6.45, 7) is 3.05. The lowest BCUT2D eigenvalue weighted by Crippen LogP contribution is -2.25. The molecule has 0 aromatic heterocycles. The van der Waals surface area contributed by atoms with Crippen LogP contribution in [0.25, 0.3) is 10.8 Å². The lowest BCUT2D eigenvalue weighted by molar-refractivity contribution is -0.131. The van der Waals surface area contributed by atoms with Crippen LogP contribution in [0, 0.1) is 0 Å². The molecule has 1 aliphatic rings. The van der Waals surface area contributed by atoms with Gasteiger partial charge < -0.3 is 19.3 Å². The number of hydrogen-bond acceptors (Lipinski definition) is 6. The summed E-state index contributed by atoms with van der Waals surface area (Å²) < 4.78 is 15.6. The topological polar surface area (TPSA) is 82.1 Å². The van der Waals surface area contributed by atoms with Gasteiger partial charge in [-0.1, -0.05) is 0 Å². The molecule has 6 nitrogen and oxygen atoms in total. The minimum atomic E-state index is -0.581. The van der Waals surface area contributed by atoms with Gasteiger partial charge in [-0.3, -0.25) is 4.79 Å². The molecule has 2 aromatic carbocycles. The Labute approximate surface area is 132 Å². The summed E-state index contributed by atoms with van der Waals surface area (Å²) in [5.74, 6) is -0.734. The van der Waals surface area contributed by atoms with Crippen molar-refractivity contribution in [2.24, 2.45) is 0 Å². The van der Waals surface area contributed by atoms with Crippen molar-refractivity contribution < 1.29 is 28.9 Å². The van der Waals surface area contributed by atoms with Gasteiger partial charge in [-0.15, -0.1) is 0 Å². The van der Waals surface area contributed by atoms with Gasteiger partial charge in [0.05, 0.1) is 12.5 Å². The Morgan fingerprint density at radius 1 is 1.35 bits per heavy atom. The number of carbonyl (C=O) groups is 2. The molecule has 1 atom stereocenters. The van der Waals surface area contributed by atoms with Gasteiger partial charge in [0.1, 0.15) is 28.9 Å². The molecule has 0 radical (unpaired) electrons. The van der Waals surface area contributed by atoms with E-state index in [1.54, 1.807) is 19.1 Å². The molecular formula is C17H16O6. The zero-order chi connectivity index (χ0) is 16.7. The third-order valence-electron chi connectivity index (χ3n) is 3.74. The lowest BCUT2D eigenvalue weighted by Gasteiger charge is -2.23. The molecule has 0 saturated heterocycles. The van der Waals surface area contributed by atoms with Crippen LogP contribution >= 0.6 is 0 Å². The summed E-state index contributed by atoms with van der Waals surface area (Å²) in [4.78, 5) is 23.4. The summed E-state index contributed by atoms with van der Waals surface area (Å²) in [5, 5.41) is 11.5. The first-order valence-corrected chi connectivity index (χ1v) is 7.16. The maximum absolute atomic E-state index is 12.1. The van der Waals surface area contributed by atoms with Gasteiger partial charge in [0, 0.05) is 19.4 Å². The molecule has 0 bridgehead atoms. The Morgan fingerprint density at radius 3 is 2.74 bits per heavy atom. The van der Waals surface area contributed by atoms with E-state index in [1.807, 2.05) is 0 Å². The minimum absolute atomic E-state index is 0.120. The molecule has 0 fully saturated rings. The van der Waals surface area contributed by atoms with E-state index in [0.717, 1.165) is 0 Å². The molecule has 0 amide bonds. The van der Waals surface area contributed by atoms with Gasteiger partial charge in [-0.05, 0) is 30.0 Å². The average molecular weight is 316 g/mol. The Balaban J connectivity index is 2.33. The number of hydrogen-bond donors (Lipinski definition) is 1. The van der Waals surface area contributed by atoms with Crippen molar-refractivity contribution in [1.82, 2.24) is 0 Å². The minimum Gasteiger partial charge on any atom is -0.506 e. The fourth-order valence-electron chi connectivity index (χ4n) is 2.85. The Morgan fingerprint density at radius 2 is 2.09 bits per heavy atom. The van der Waals surface area contributed by atoms with Crippen molar-refractivity contribution >= 4 is 22.7 Å². The smallest absolute Gasteiger partial charge is 0.342 e. The normalized spacial score (nSPS) is 16.7. The second-order valence-corrected chi connectivity index (χ2v) is 5.50. The maximum Gasteiger partial charge on any atom is 0.342 e. The molecule has 0 aliphatic carbocycles. The first-order chi connectivity index (χ1) is 10.9. The molecule has 120 valence electrons. The van der Waals surface area contributed by atoms with E-state index in [-0.39, 0.29) is 28.6 Å². The molecule has 0 unspecified atom stereocenters. The molecule has 2 aromatic rings. The molecule has 6 heteroatoms. The van der Waals surface area contributed by atoms with Gasteiger partial charge in [-0.25, -0.2) is 4.79 Å². The summed E-state index contributed by atoms with van der Waals surface area (Å²) in [5.41, 5.74) is 0.815. The monoisotopic (exact) mass is 316 g/mol. The predicted molar refractivity (Wildman–Crippen MR) is 82.1 cm³/mol. The summed E-state index contributed by atoms with van der Waals surface area (Å²) in [7, 11) is 1.50. The second kappa shape index (κ2) is 5.46. The van der Waals surface area contributed by atoms with E-state index in [0.29, 0.717) is 23.1 Å². The predicted octanol–water partition coefficient (Wildman–Crippen LogP) is 2.58. The maximum atomic E-state index is 12.1. The molecular weight excluding hydrogens is 300 g/mol. The van der Waals surface area contributed by atoms with E-state index in [1.165, 1.54) is 20.1 Å². The fraction of sp³-hybridized carbons (Fsp3) is 0.294.